The average molecular weight is 324 g/mol. The Bertz CT molecular complexity index is 632. The van der Waals surface area contributed by atoms with E-state index in [2.05, 4.69) is 32.4 Å². The molecule has 1 aromatic carbocycles. The molecule has 2 N–H and O–H groups in total. The summed E-state index contributed by atoms with van der Waals surface area (Å²) in [6.07, 6.45) is 3.14. The molecule has 0 atom stereocenters. The van der Waals surface area contributed by atoms with Crippen LogP contribution in [-0.4, -0.2) is 9.55 Å². The summed E-state index contributed by atoms with van der Waals surface area (Å²) in [4.78, 5) is 4.59. The van der Waals surface area contributed by atoms with Crippen LogP contribution >= 0.6 is 15.9 Å². The van der Waals surface area contributed by atoms with E-state index in [1.54, 1.807) is 6.07 Å². The van der Waals surface area contributed by atoms with Gasteiger partial charge in [0.15, 0.2) is 0 Å². The van der Waals surface area contributed by atoms with E-state index in [4.69, 9.17) is 5.73 Å². The highest BCUT2D eigenvalue weighted by Gasteiger charge is 2.29. The van der Waals surface area contributed by atoms with Crippen molar-refractivity contribution in [2.24, 2.45) is 0 Å². The van der Waals surface area contributed by atoms with Crippen LogP contribution in [0.25, 0.3) is 11.3 Å². The normalized spacial score (nSPS) is 14.9. The van der Waals surface area contributed by atoms with E-state index in [0.717, 1.165) is 30.7 Å². The quantitative estimate of drug-likeness (QED) is 0.930. The van der Waals surface area contributed by atoms with Gasteiger partial charge in [0.05, 0.1) is 4.47 Å². The highest BCUT2D eigenvalue weighted by molar-refractivity contribution is 9.10. The lowest BCUT2D eigenvalue weighted by atomic mass is 10.1. The second-order valence-electron chi connectivity index (χ2n) is 4.85. The third-order valence-corrected chi connectivity index (χ3v) is 4.09. The summed E-state index contributed by atoms with van der Waals surface area (Å²) in [5, 5.41) is 0. The Kier molecular flexibility index (Phi) is 3.09. The lowest BCUT2D eigenvalue weighted by Gasteiger charge is -2.06. The molecule has 0 spiro atoms. The molecule has 5 heteroatoms. The molecule has 19 heavy (non-hydrogen) atoms. The molecule has 0 amide bonds. The van der Waals surface area contributed by atoms with Gasteiger partial charge in [-0.15, -0.1) is 0 Å². The van der Waals surface area contributed by atoms with Gasteiger partial charge in [-0.3, -0.25) is 0 Å². The molecular formula is C14H15BrFN3. The molecule has 0 unspecified atom stereocenters. The molecule has 1 aromatic heterocycles. The Morgan fingerprint density at radius 2 is 2.21 bits per heavy atom. The highest BCUT2D eigenvalue weighted by Crippen LogP contribution is 2.41. The zero-order chi connectivity index (χ0) is 13.6. The summed E-state index contributed by atoms with van der Waals surface area (Å²) >= 11 is 3.16. The fraction of sp³-hybridized carbons (Fsp3) is 0.357. The zero-order valence-electron chi connectivity index (χ0n) is 10.7. The van der Waals surface area contributed by atoms with Crippen molar-refractivity contribution in [1.29, 1.82) is 0 Å². The first-order chi connectivity index (χ1) is 9.11. The molecule has 1 aliphatic carbocycles. The fourth-order valence-electron chi connectivity index (χ4n) is 2.34. The number of imidazole rings is 1. The van der Waals surface area contributed by atoms with Crippen molar-refractivity contribution < 1.29 is 4.39 Å². The van der Waals surface area contributed by atoms with Crippen LogP contribution in [0, 0.1) is 5.82 Å². The number of anilines is 1. The summed E-state index contributed by atoms with van der Waals surface area (Å²) < 4.78 is 16.2. The maximum Gasteiger partial charge on any atom is 0.138 e. The second-order valence-corrected chi connectivity index (χ2v) is 5.70. The van der Waals surface area contributed by atoms with Crippen LogP contribution in [0.1, 0.15) is 31.6 Å². The predicted octanol–water partition coefficient (Wildman–Crippen LogP) is 3.93. The first-order valence-corrected chi connectivity index (χ1v) is 7.23. The van der Waals surface area contributed by atoms with Gasteiger partial charge in [-0.2, -0.15) is 0 Å². The minimum absolute atomic E-state index is 0.295. The first-order valence-electron chi connectivity index (χ1n) is 6.43. The van der Waals surface area contributed by atoms with Crippen LogP contribution in [0.4, 0.5) is 10.2 Å². The second kappa shape index (κ2) is 4.63. The maximum atomic E-state index is 13.6. The topological polar surface area (TPSA) is 43.8 Å². The van der Waals surface area contributed by atoms with Crippen LogP contribution in [0.15, 0.2) is 22.7 Å². The summed E-state index contributed by atoms with van der Waals surface area (Å²) in [7, 11) is 0. The van der Waals surface area contributed by atoms with Crippen molar-refractivity contribution in [3.63, 3.8) is 0 Å². The molecule has 3 nitrogen and oxygen atoms in total. The van der Waals surface area contributed by atoms with Crippen molar-refractivity contribution >= 4 is 21.7 Å². The predicted molar refractivity (Wildman–Crippen MR) is 77.4 cm³/mol. The molecule has 1 saturated carbocycles. The monoisotopic (exact) mass is 323 g/mol. The van der Waals surface area contributed by atoms with Gasteiger partial charge in [0, 0.05) is 18.0 Å². The van der Waals surface area contributed by atoms with Gasteiger partial charge in [-0.25, -0.2) is 9.37 Å². The number of aryl methyl sites for hydroxylation is 1. The Morgan fingerprint density at radius 3 is 2.79 bits per heavy atom. The molecule has 0 saturated heterocycles. The highest BCUT2D eigenvalue weighted by atomic mass is 79.9. The summed E-state index contributed by atoms with van der Waals surface area (Å²) in [6.45, 7) is 2.06. The SMILES string of the molecule is CCc1nc(-c2ccc(Br)c(F)c2)c(N)n1C1CC1. The van der Waals surface area contributed by atoms with Crippen LogP contribution in [-0.2, 0) is 6.42 Å². The lowest BCUT2D eigenvalue weighted by molar-refractivity contribution is 0.621. The Hall–Kier alpha value is -1.36. The Morgan fingerprint density at radius 1 is 1.47 bits per heavy atom. The number of benzene rings is 1. The number of nitrogens with two attached hydrogens (primary N) is 1. The minimum atomic E-state index is -0.295. The summed E-state index contributed by atoms with van der Waals surface area (Å²) in [5.74, 6) is 1.34. The molecule has 1 fully saturated rings. The van der Waals surface area contributed by atoms with Gasteiger partial charge >= 0.3 is 0 Å². The Balaban J connectivity index is 2.11. The summed E-state index contributed by atoms with van der Waals surface area (Å²) in [6, 6.07) is 5.48. The number of aromatic nitrogens is 2. The molecule has 0 radical (unpaired) electrons. The number of nitrogen functional groups attached to an aromatic ring is 1. The van der Waals surface area contributed by atoms with Crippen LogP contribution in [0.2, 0.25) is 0 Å². The number of rotatable bonds is 3. The molecule has 3 rings (SSSR count). The van der Waals surface area contributed by atoms with Gasteiger partial charge in [0.2, 0.25) is 0 Å². The van der Waals surface area contributed by atoms with E-state index < -0.39 is 0 Å². The van der Waals surface area contributed by atoms with Crippen molar-refractivity contribution in [1.82, 2.24) is 9.55 Å². The number of nitrogens with zero attached hydrogens (tertiary/aromatic N) is 2. The number of hydrogen-bond acceptors (Lipinski definition) is 2. The number of hydrogen-bond donors (Lipinski definition) is 1. The maximum absolute atomic E-state index is 13.6. The lowest BCUT2D eigenvalue weighted by Crippen LogP contribution is -2.04. The molecule has 0 bridgehead atoms. The largest absolute Gasteiger partial charge is 0.383 e. The van der Waals surface area contributed by atoms with Gasteiger partial charge < -0.3 is 10.3 Å². The van der Waals surface area contributed by atoms with Gasteiger partial charge in [0.25, 0.3) is 0 Å². The fourth-order valence-corrected chi connectivity index (χ4v) is 2.59. The third-order valence-electron chi connectivity index (χ3n) is 3.44. The average Bonchev–Trinajstić information content (AvgIpc) is 3.17. The van der Waals surface area contributed by atoms with Gasteiger partial charge in [-0.1, -0.05) is 13.0 Å². The molecule has 0 aliphatic heterocycles. The van der Waals surface area contributed by atoms with E-state index >= 15 is 0 Å². The standard InChI is InChI=1S/C14H15BrFN3/c1-2-12-18-13(14(17)19(12)9-4-5-9)8-3-6-10(15)11(16)7-8/h3,6-7,9H,2,4-5,17H2,1H3. The molecular weight excluding hydrogens is 309 g/mol. The van der Waals surface area contributed by atoms with Crippen LogP contribution in [0.3, 0.4) is 0 Å². The molecule has 1 aliphatic rings. The van der Waals surface area contributed by atoms with E-state index in [-0.39, 0.29) is 5.82 Å². The zero-order valence-corrected chi connectivity index (χ0v) is 12.2. The van der Waals surface area contributed by atoms with E-state index in [9.17, 15) is 4.39 Å². The van der Waals surface area contributed by atoms with Gasteiger partial charge in [-0.05, 0) is 40.9 Å². The molecule has 2 aromatic rings. The van der Waals surface area contributed by atoms with E-state index in [0.29, 0.717) is 22.0 Å². The number of halogens is 2. The first kappa shape index (κ1) is 12.7. The minimum Gasteiger partial charge on any atom is -0.383 e. The van der Waals surface area contributed by atoms with Crippen molar-refractivity contribution in [3.05, 3.63) is 34.3 Å². The summed E-state index contributed by atoms with van der Waals surface area (Å²) in [5.41, 5.74) is 7.63. The van der Waals surface area contributed by atoms with Crippen LogP contribution < -0.4 is 5.73 Å². The van der Waals surface area contributed by atoms with Crippen molar-refractivity contribution in [2.45, 2.75) is 32.2 Å². The molecule has 100 valence electrons. The molecule has 1 heterocycles. The smallest absolute Gasteiger partial charge is 0.138 e. The van der Waals surface area contributed by atoms with Crippen molar-refractivity contribution in [3.8, 4) is 11.3 Å². The van der Waals surface area contributed by atoms with E-state index in [1.165, 1.54) is 6.07 Å². The van der Waals surface area contributed by atoms with E-state index in [1.807, 2.05) is 6.07 Å². The van der Waals surface area contributed by atoms with Crippen LogP contribution in [0.5, 0.6) is 0 Å². The third kappa shape index (κ3) is 2.16. The van der Waals surface area contributed by atoms with Crippen molar-refractivity contribution in [2.75, 3.05) is 5.73 Å². The van der Waals surface area contributed by atoms with Gasteiger partial charge in [0.1, 0.15) is 23.2 Å². The Labute approximate surface area is 119 Å².